The van der Waals surface area contributed by atoms with Gasteiger partial charge in [0.2, 0.25) is 5.91 Å². The van der Waals surface area contributed by atoms with Crippen molar-refractivity contribution in [3.8, 4) is 0 Å². The summed E-state index contributed by atoms with van der Waals surface area (Å²) >= 11 is 0. The van der Waals surface area contributed by atoms with Crippen LogP contribution in [0.2, 0.25) is 0 Å². The Morgan fingerprint density at radius 1 is 0.907 bits per heavy atom. The number of carbonyl (C=O) groups excluding carboxylic acids is 5. The van der Waals surface area contributed by atoms with E-state index in [1.807, 2.05) is 26.8 Å². The van der Waals surface area contributed by atoms with Crippen molar-refractivity contribution >= 4 is 63.0 Å². The van der Waals surface area contributed by atoms with Crippen LogP contribution < -0.4 is 35.7 Å². The molecule has 2 aliphatic heterocycles. The first-order valence-corrected chi connectivity index (χ1v) is 16.7. The van der Waals surface area contributed by atoms with Gasteiger partial charge in [0.15, 0.2) is 0 Å². The molecular weight excluding hydrogens is 879 g/mol. The molecule has 5 heterocycles. The second-order valence-corrected chi connectivity index (χ2v) is 12.9. The molecule has 3 atom stereocenters. The molecule has 14 nitrogen and oxygen atoms in total. The molecule has 2 aliphatic rings. The third-order valence-corrected chi connectivity index (χ3v) is 9.77. The molecule has 0 fully saturated rings. The molecule has 3 aromatic heterocycles. The van der Waals surface area contributed by atoms with Crippen molar-refractivity contribution < 1.29 is 66.8 Å². The summed E-state index contributed by atoms with van der Waals surface area (Å²) in [5.41, 5.74) is 5.99. The topological polar surface area (TPSA) is 244 Å². The van der Waals surface area contributed by atoms with Gasteiger partial charge < -0.3 is 54.9 Å². The minimum atomic E-state index is -1.97. The average Bonchev–Trinajstić information content (AvgIpc) is 3.74. The van der Waals surface area contributed by atoms with E-state index in [1.165, 1.54) is 6.92 Å². The van der Waals surface area contributed by atoms with Crippen molar-refractivity contribution in [2.45, 2.75) is 92.0 Å². The van der Waals surface area contributed by atoms with Gasteiger partial charge in [0.25, 0.3) is 0 Å². The van der Waals surface area contributed by atoms with Crippen LogP contribution in [0.15, 0.2) is 30.9 Å². The van der Waals surface area contributed by atoms with E-state index in [4.69, 9.17) is 19.9 Å². The Balaban J connectivity index is 0.00000392. The fraction of sp³-hybridized carbons (Fsp3) is 0.359. The third kappa shape index (κ3) is 8.40. The number of aromatic nitrogens is 4. The Morgan fingerprint density at radius 2 is 1.57 bits per heavy atom. The van der Waals surface area contributed by atoms with Crippen LogP contribution >= 0.6 is 0 Å². The zero-order chi connectivity index (χ0) is 38.2. The van der Waals surface area contributed by atoms with Gasteiger partial charge in [0, 0.05) is 69.5 Å². The second-order valence-electron chi connectivity index (χ2n) is 12.9. The zero-order valence-electron chi connectivity index (χ0n) is 29.5. The summed E-state index contributed by atoms with van der Waals surface area (Å²) in [4.78, 5) is 80.3. The normalized spacial score (nSPS) is 15.4. The Labute approximate surface area is 327 Å². The summed E-state index contributed by atoms with van der Waals surface area (Å²) in [5, 5.41) is 49.6. The summed E-state index contributed by atoms with van der Waals surface area (Å²) in [5.74, 6) is -8.82. The number of hydrogen-bond acceptors (Lipinski definition) is 11. The van der Waals surface area contributed by atoms with Gasteiger partial charge in [-0.1, -0.05) is 62.8 Å². The quantitative estimate of drug-likeness (QED) is 0.239. The number of allylic oxidation sites excluding steroid dienone is 3. The smallest absolute Gasteiger partial charge is 0.224 e. The van der Waals surface area contributed by atoms with E-state index >= 15 is 0 Å². The standard InChI is InChI=1S/C38H41N5O9.CH4.Au/c1-7-20-16(3)24-12-26-18(5)22(9-10-32(45)46)35(42-26)23(11-31(44)41-30(37(49)50)15-33(47)48)36-34(38(51)52)19(6)27(43-36)14-29-21(8-2)17(4)25(40-29)13-28(20)39-24;;/h7,12-14,18,22,30H,1,8-11,15H2,2-6H3,(H7,39,40,41,42,43,44,45,46,47,48,49,50,51,52);1H4;/p-6/t18-,22-,30-;;/m0../s1. The number of amides is 1. The molecule has 0 saturated heterocycles. The van der Waals surface area contributed by atoms with Gasteiger partial charge in [-0.3, -0.25) is 9.78 Å². The van der Waals surface area contributed by atoms with Crippen molar-refractivity contribution in [1.29, 1.82) is 0 Å². The monoisotopic (exact) mass is 918 g/mol. The van der Waals surface area contributed by atoms with E-state index in [1.54, 1.807) is 25.1 Å². The first-order valence-electron chi connectivity index (χ1n) is 16.7. The average molecular weight is 919 g/mol. The molecule has 1 N–H and O–H groups in total. The fourth-order valence-corrected chi connectivity index (χ4v) is 6.96. The number of carboxylic acids is 4. The summed E-state index contributed by atoms with van der Waals surface area (Å²) < 4.78 is 0. The molecule has 54 heavy (non-hydrogen) atoms. The first-order chi connectivity index (χ1) is 24.6. The van der Waals surface area contributed by atoms with Crippen LogP contribution in [0, 0.1) is 13.8 Å². The summed E-state index contributed by atoms with van der Waals surface area (Å²) in [7, 11) is 0. The molecule has 1 radical (unpaired) electrons. The van der Waals surface area contributed by atoms with Crippen LogP contribution in [0.3, 0.4) is 0 Å². The molecule has 0 spiro atoms. The van der Waals surface area contributed by atoms with E-state index in [-0.39, 0.29) is 69.6 Å². The number of carbonyl (C=O) groups is 5. The molecule has 0 aromatic carbocycles. The number of fused-ring (bicyclic) bond motifs is 8. The van der Waals surface area contributed by atoms with Gasteiger partial charge in [0.1, 0.15) is 0 Å². The van der Waals surface area contributed by atoms with E-state index in [2.05, 4.69) is 11.9 Å². The van der Waals surface area contributed by atoms with Crippen molar-refractivity contribution in [3.05, 3.63) is 81.4 Å². The molecule has 0 saturated carbocycles. The number of aliphatic carboxylic acids is 3. The second kappa shape index (κ2) is 17.2. The van der Waals surface area contributed by atoms with Crippen LogP contribution in [-0.2, 0) is 54.4 Å². The van der Waals surface area contributed by atoms with Gasteiger partial charge in [-0.15, -0.1) is 22.1 Å². The molecule has 3 aromatic rings. The molecule has 0 aliphatic carbocycles. The molecule has 8 bridgehead atoms. The number of nitrogens with one attached hydrogen (secondary N) is 1. The van der Waals surface area contributed by atoms with Crippen LogP contribution in [0.4, 0.5) is 0 Å². The Bertz CT molecular complexity index is 2250. The van der Waals surface area contributed by atoms with E-state index in [0.29, 0.717) is 34.5 Å². The van der Waals surface area contributed by atoms with Gasteiger partial charge in [-0.25, -0.2) is 4.98 Å². The van der Waals surface area contributed by atoms with Crippen molar-refractivity contribution in [2.24, 2.45) is 0 Å². The molecular formula is C39H39AuN5O9-6. The van der Waals surface area contributed by atoms with Crippen molar-refractivity contribution in [3.63, 3.8) is 0 Å². The largest absolute Gasteiger partial charge is 0.657 e. The Kier molecular flexibility index (Phi) is 13.7. The summed E-state index contributed by atoms with van der Waals surface area (Å²) in [6.07, 6.45) is 0.0207. The molecule has 291 valence electrons. The van der Waals surface area contributed by atoms with Crippen molar-refractivity contribution in [2.75, 3.05) is 0 Å². The van der Waals surface area contributed by atoms with E-state index < -0.39 is 66.9 Å². The predicted octanol–water partition coefficient (Wildman–Crippen LogP) is 0.201. The van der Waals surface area contributed by atoms with Crippen LogP contribution in [0.5, 0.6) is 0 Å². The van der Waals surface area contributed by atoms with Crippen LogP contribution in [-0.4, -0.2) is 45.8 Å². The number of aryl methyl sites for hydroxylation is 3. The summed E-state index contributed by atoms with van der Waals surface area (Å²) in [6, 6.07) is 3.25. The fourth-order valence-electron chi connectivity index (χ4n) is 6.96. The van der Waals surface area contributed by atoms with Crippen LogP contribution in [0.1, 0.15) is 115 Å². The van der Waals surface area contributed by atoms with E-state index in [9.17, 15) is 44.4 Å². The van der Waals surface area contributed by atoms with Gasteiger partial charge in [-0.2, -0.15) is 0 Å². The van der Waals surface area contributed by atoms with E-state index in [0.717, 1.165) is 22.3 Å². The number of carboxylic acid groups (broad SMARTS) is 4. The molecule has 1 amide bonds. The number of aromatic carboxylic acids is 1. The minimum absolute atomic E-state index is 0. The minimum Gasteiger partial charge on any atom is -0.657 e. The number of nitrogens with zero attached hydrogens (tertiary/aromatic N) is 4. The molecule has 0 unspecified atom stereocenters. The SMILES string of the molecule is C.C=CC1=C(C)c2cc3nc(c(CC(=O)N[C@@H](CC(=O)[O-])C(=O)[O-])c4[n-]c(cc5[n-]c(cc1n2)c(C)c5CC)c(C)c4C(=O)[O-])[C@@H](CCC(=O)[O-])[C@@H]3C.[Au]. The summed E-state index contributed by atoms with van der Waals surface area (Å²) in [6.45, 7) is 13.0. The molecule has 15 heteroatoms. The maximum absolute atomic E-state index is 13.5. The maximum Gasteiger partial charge on any atom is 0.224 e. The Morgan fingerprint density at radius 3 is 2.15 bits per heavy atom. The number of hydrogen-bond donors (Lipinski definition) is 1. The molecule has 5 rings (SSSR count). The maximum atomic E-state index is 13.5. The van der Waals surface area contributed by atoms with Gasteiger partial charge in [0.05, 0.1) is 35.8 Å². The third-order valence-electron chi connectivity index (χ3n) is 9.77. The Hall–Kier alpha value is -5.31. The number of rotatable bonds is 12. The van der Waals surface area contributed by atoms with Gasteiger partial charge >= 0.3 is 0 Å². The van der Waals surface area contributed by atoms with Gasteiger partial charge in [-0.05, 0) is 62.8 Å². The first kappa shape index (κ1) is 43.1. The van der Waals surface area contributed by atoms with Crippen LogP contribution in [0.25, 0.3) is 33.2 Å². The zero-order valence-corrected chi connectivity index (χ0v) is 31.7. The predicted molar refractivity (Wildman–Crippen MR) is 187 cm³/mol. The van der Waals surface area contributed by atoms with Crippen molar-refractivity contribution in [1.82, 2.24) is 25.3 Å².